The zero-order valence-electron chi connectivity index (χ0n) is 11.4. The van der Waals surface area contributed by atoms with Crippen molar-refractivity contribution in [2.24, 2.45) is 0 Å². The van der Waals surface area contributed by atoms with Crippen molar-refractivity contribution < 1.29 is 17.9 Å². The molecule has 0 aliphatic carbocycles. The fraction of sp³-hybridized carbons (Fsp3) is 0.571. The lowest BCUT2D eigenvalue weighted by Crippen LogP contribution is -2.49. The molecule has 0 bridgehead atoms. The van der Waals surface area contributed by atoms with Crippen molar-refractivity contribution in [3.8, 4) is 5.75 Å². The van der Waals surface area contributed by atoms with E-state index in [0.29, 0.717) is 18.8 Å². The van der Waals surface area contributed by atoms with Crippen LogP contribution >= 0.6 is 0 Å². The summed E-state index contributed by atoms with van der Waals surface area (Å²) in [6, 6.07) is 5.76. The predicted molar refractivity (Wildman–Crippen MR) is 70.7 cm³/mol. The van der Waals surface area contributed by atoms with Gasteiger partial charge in [-0.05, 0) is 30.7 Å². The molecule has 0 saturated carbocycles. The Morgan fingerprint density at radius 3 is 2.90 bits per heavy atom. The molecule has 1 heterocycles. The molecule has 20 heavy (non-hydrogen) atoms. The highest BCUT2D eigenvalue weighted by Crippen LogP contribution is 2.27. The maximum Gasteiger partial charge on any atom is 0.405 e. The summed E-state index contributed by atoms with van der Waals surface area (Å²) in [6.45, 7) is 1.30. The lowest BCUT2D eigenvalue weighted by Gasteiger charge is -2.31. The quantitative estimate of drug-likeness (QED) is 0.924. The van der Waals surface area contributed by atoms with Gasteiger partial charge in [-0.15, -0.1) is 0 Å². The Labute approximate surface area is 116 Å². The van der Waals surface area contributed by atoms with E-state index in [-0.39, 0.29) is 13.1 Å². The van der Waals surface area contributed by atoms with Gasteiger partial charge in [0.2, 0.25) is 0 Å². The first kappa shape index (κ1) is 15.1. The zero-order chi connectivity index (χ0) is 14.6. The second-order valence-corrected chi connectivity index (χ2v) is 4.94. The van der Waals surface area contributed by atoms with Crippen LogP contribution in [0.5, 0.6) is 5.75 Å². The van der Waals surface area contributed by atoms with Gasteiger partial charge in [0.05, 0.1) is 7.11 Å². The molecule has 1 fully saturated rings. The molecule has 6 heteroatoms. The summed E-state index contributed by atoms with van der Waals surface area (Å²) >= 11 is 0. The first-order valence-corrected chi connectivity index (χ1v) is 6.65. The van der Waals surface area contributed by atoms with E-state index in [1.54, 1.807) is 25.3 Å². The topological polar surface area (TPSA) is 24.5 Å². The number of nitrogens with one attached hydrogen (secondary N) is 1. The molecule has 1 aromatic carbocycles. The van der Waals surface area contributed by atoms with Crippen LogP contribution in [0.25, 0.3) is 0 Å². The monoisotopic (exact) mass is 288 g/mol. The molecule has 1 aliphatic heterocycles. The van der Waals surface area contributed by atoms with Crippen LogP contribution in [-0.2, 0) is 6.54 Å². The molecule has 1 saturated heterocycles. The van der Waals surface area contributed by atoms with Gasteiger partial charge in [-0.25, -0.2) is 0 Å². The van der Waals surface area contributed by atoms with E-state index < -0.39 is 12.2 Å². The van der Waals surface area contributed by atoms with Gasteiger partial charge in [0, 0.05) is 19.6 Å². The molecule has 1 atom stereocenters. The van der Waals surface area contributed by atoms with E-state index in [9.17, 15) is 13.2 Å². The summed E-state index contributed by atoms with van der Waals surface area (Å²) in [4.78, 5) is 1.49. The van der Waals surface area contributed by atoms with Crippen molar-refractivity contribution in [1.82, 2.24) is 10.2 Å². The third-order valence-electron chi connectivity index (χ3n) is 3.47. The first-order valence-electron chi connectivity index (χ1n) is 6.65. The summed E-state index contributed by atoms with van der Waals surface area (Å²) in [5.41, 5.74) is 0.834. The van der Waals surface area contributed by atoms with Crippen LogP contribution in [0, 0.1) is 0 Å². The van der Waals surface area contributed by atoms with Gasteiger partial charge >= 0.3 is 6.18 Å². The number of ether oxygens (including phenoxy) is 1. The number of benzene rings is 1. The van der Waals surface area contributed by atoms with Crippen LogP contribution in [0.1, 0.15) is 12.0 Å². The van der Waals surface area contributed by atoms with Crippen LogP contribution in [-0.4, -0.2) is 43.9 Å². The molecule has 0 aromatic heterocycles. The Kier molecular flexibility index (Phi) is 4.88. The molecule has 1 unspecified atom stereocenters. The minimum absolute atomic E-state index is 0.0481. The van der Waals surface area contributed by atoms with E-state index >= 15 is 0 Å². The number of hydrogen-bond acceptors (Lipinski definition) is 3. The van der Waals surface area contributed by atoms with E-state index in [4.69, 9.17) is 4.74 Å². The highest BCUT2D eigenvalue weighted by molar-refractivity contribution is 5.28. The SMILES string of the molecule is COc1cccc(CN2CCCNCC2C(F)(F)F)c1. The van der Waals surface area contributed by atoms with Gasteiger partial charge in [0.1, 0.15) is 11.8 Å². The Morgan fingerprint density at radius 1 is 1.40 bits per heavy atom. The molecule has 0 amide bonds. The van der Waals surface area contributed by atoms with E-state index in [0.717, 1.165) is 12.0 Å². The number of alkyl halides is 3. The number of methoxy groups -OCH3 is 1. The largest absolute Gasteiger partial charge is 0.497 e. The highest BCUT2D eigenvalue weighted by atomic mass is 19.4. The smallest absolute Gasteiger partial charge is 0.405 e. The minimum Gasteiger partial charge on any atom is -0.497 e. The summed E-state index contributed by atoms with van der Waals surface area (Å²) in [7, 11) is 1.55. The van der Waals surface area contributed by atoms with E-state index in [1.807, 2.05) is 6.07 Å². The van der Waals surface area contributed by atoms with Crippen molar-refractivity contribution in [3.63, 3.8) is 0 Å². The molecular formula is C14H19F3N2O. The van der Waals surface area contributed by atoms with Gasteiger partial charge < -0.3 is 10.1 Å². The highest BCUT2D eigenvalue weighted by Gasteiger charge is 2.43. The molecule has 0 radical (unpaired) electrons. The van der Waals surface area contributed by atoms with Crippen LogP contribution in [0.2, 0.25) is 0 Å². The Balaban J connectivity index is 2.14. The maximum atomic E-state index is 13.1. The maximum absolute atomic E-state index is 13.1. The van der Waals surface area contributed by atoms with Gasteiger partial charge in [-0.2, -0.15) is 13.2 Å². The second kappa shape index (κ2) is 6.45. The first-order chi connectivity index (χ1) is 9.50. The molecule has 1 aliphatic rings. The second-order valence-electron chi connectivity index (χ2n) is 4.94. The van der Waals surface area contributed by atoms with Gasteiger partial charge in [0.25, 0.3) is 0 Å². The number of rotatable bonds is 3. The van der Waals surface area contributed by atoms with Crippen LogP contribution in [0.4, 0.5) is 13.2 Å². The Bertz CT molecular complexity index is 437. The summed E-state index contributed by atoms with van der Waals surface area (Å²) in [5.74, 6) is 0.666. The number of nitrogens with zero attached hydrogens (tertiary/aromatic N) is 1. The zero-order valence-corrected chi connectivity index (χ0v) is 11.4. The average molecular weight is 288 g/mol. The molecule has 0 spiro atoms. The fourth-order valence-electron chi connectivity index (χ4n) is 2.45. The average Bonchev–Trinajstić information content (AvgIpc) is 2.64. The number of halogens is 3. The van der Waals surface area contributed by atoms with Gasteiger partial charge in [-0.3, -0.25) is 4.90 Å². The third-order valence-corrected chi connectivity index (χ3v) is 3.47. The summed E-state index contributed by atoms with van der Waals surface area (Å²) in [6.07, 6.45) is -3.49. The van der Waals surface area contributed by atoms with Crippen molar-refractivity contribution in [3.05, 3.63) is 29.8 Å². The van der Waals surface area contributed by atoms with Gasteiger partial charge in [0.15, 0.2) is 0 Å². The molecule has 1 N–H and O–H groups in total. The van der Waals surface area contributed by atoms with Crippen LogP contribution < -0.4 is 10.1 Å². The Hall–Kier alpha value is -1.27. The van der Waals surface area contributed by atoms with E-state index in [2.05, 4.69) is 5.32 Å². The normalized spacial score (nSPS) is 21.5. The van der Waals surface area contributed by atoms with Crippen LogP contribution in [0.15, 0.2) is 24.3 Å². The summed E-state index contributed by atoms with van der Waals surface area (Å²) in [5, 5.41) is 2.86. The molecular weight excluding hydrogens is 269 g/mol. The lowest BCUT2D eigenvalue weighted by atomic mass is 10.1. The summed E-state index contributed by atoms with van der Waals surface area (Å²) < 4.78 is 44.5. The molecule has 3 nitrogen and oxygen atoms in total. The molecule has 1 aromatic rings. The number of hydrogen-bond donors (Lipinski definition) is 1. The van der Waals surface area contributed by atoms with Crippen molar-refractivity contribution in [1.29, 1.82) is 0 Å². The predicted octanol–water partition coefficient (Wildman–Crippen LogP) is 2.42. The van der Waals surface area contributed by atoms with Crippen molar-refractivity contribution in [2.45, 2.75) is 25.2 Å². The third kappa shape index (κ3) is 3.86. The standard InChI is InChI=1S/C14H19F3N2O/c1-20-12-5-2-4-11(8-12)10-19-7-3-6-18-9-13(19)14(15,16)17/h2,4-5,8,13,18H,3,6-7,9-10H2,1H3. The fourth-order valence-corrected chi connectivity index (χ4v) is 2.45. The lowest BCUT2D eigenvalue weighted by molar-refractivity contribution is -0.182. The van der Waals surface area contributed by atoms with Crippen molar-refractivity contribution in [2.75, 3.05) is 26.7 Å². The molecule has 112 valence electrons. The molecule has 2 rings (SSSR count). The Morgan fingerprint density at radius 2 is 2.20 bits per heavy atom. The van der Waals surface area contributed by atoms with Crippen molar-refractivity contribution >= 4 is 0 Å². The van der Waals surface area contributed by atoms with Gasteiger partial charge in [-0.1, -0.05) is 12.1 Å². The minimum atomic E-state index is -4.21. The van der Waals surface area contributed by atoms with Crippen LogP contribution in [0.3, 0.4) is 0 Å². The van der Waals surface area contributed by atoms with E-state index in [1.165, 1.54) is 4.90 Å².